The highest BCUT2D eigenvalue weighted by Crippen LogP contribution is 2.42. The van der Waals surface area contributed by atoms with Crippen LogP contribution in [0.4, 0.5) is 32.8 Å². The maximum Gasteiger partial charge on any atom is 0.412 e. The highest BCUT2D eigenvalue weighted by Gasteiger charge is 2.40. The Bertz CT molecular complexity index is 1340. The van der Waals surface area contributed by atoms with Gasteiger partial charge in [-0.15, -0.1) is 0 Å². The number of benzene rings is 2. The fraction of sp³-hybridized carbons (Fsp3) is 0.438. The third-order valence-electron chi connectivity index (χ3n) is 5.93. The number of amides is 1. The van der Waals surface area contributed by atoms with Gasteiger partial charge in [0.1, 0.15) is 5.75 Å². The Hall–Kier alpha value is -3.27. The first-order valence-corrected chi connectivity index (χ1v) is 15.0. The molecule has 10 heteroatoms. The number of hydrogen-bond acceptors (Lipinski definition) is 4. The summed E-state index contributed by atoms with van der Waals surface area (Å²) in [7, 11) is 1.50. The number of ether oxygens (including phenoxy) is 1. The highest BCUT2D eigenvalue weighted by molar-refractivity contribution is 7.22. The average Bonchev–Trinajstić information content (AvgIpc) is 3.23. The van der Waals surface area contributed by atoms with Gasteiger partial charge in [0.05, 0.1) is 23.0 Å². The number of nitrogens with zero attached hydrogens (tertiary/aromatic N) is 2. The largest absolute Gasteiger partial charge is 0.496 e. The highest BCUT2D eigenvalue weighted by atomic mass is 32.1. The first-order chi connectivity index (χ1) is 19.9. The Morgan fingerprint density at radius 2 is 1.57 bits per heavy atom. The predicted molar refractivity (Wildman–Crippen MR) is 164 cm³/mol. The van der Waals surface area contributed by atoms with Crippen molar-refractivity contribution in [2.24, 2.45) is 0 Å². The zero-order valence-corrected chi connectivity index (χ0v) is 26.6. The van der Waals surface area contributed by atoms with Crippen LogP contribution >= 0.6 is 11.3 Å². The van der Waals surface area contributed by atoms with Crippen molar-refractivity contribution in [3.05, 3.63) is 70.8 Å². The minimum atomic E-state index is -4.77. The second-order valence-corrected chi connectivity index (χ2v) is 9.57. The molecule has 3 aromatic rings. The second kappa shape index (κ2) is 16.4. The maximum absolute atomic E-state index is 14.7. The molecular weight excluding hydrogens is 571 g/mol. The number of aryl methyl sites for hydroxylation is 1. The normalized spacial score (nSPS) is 13.3. The molecule has 0 saturated carbocycles. The number of halogens is 5. The molecular formula is C32H41F5N2O2S. The van der Waals surface area contributed by atoms with E-state index >= 15 is 0 Å². The van der Waals surface area contributed by atoms with E-state index in [2.05, 4.69) is 4.98 Å². The van der Waals surface area contributed by atoms with Crippen molar-refractivity contribution in [3.63, 3.8) is 0 Å². The van der Waals surface area contributed by atoms with E-state index < -0.39 is 35.6 Å². The number of thiazole rings is 1. The summed E-state index contributed by atoms with van der Waals surface area (Å²) in [6.45, 7) is 14.3. The van der Waals surface area contributed by atoms with Gasteiger partial charge in [-0.2, -0.15) is 13.2 Å². The minimum absolute atomic E-state index is 0.0959. The molecule has 1 aromatic heterocycles. The SMILES string of the molecule is CC.CC.CC.COc1ccc(N(C(=O)C2=C(C(C)(F)F)C=C(C(F)(F)F)CCC2)c2nc3ccccc3s2)cc1C. The van der Waals surface area contributed by atoms with E-state index in [0.717, 1.165) is 4.70 Å². The monoisotopic (exact) mass is 612 g/mol. The Morgan fingerprint density at radius 3 is 2.10 bits per heavy atom. The lowest BCUT2D eigenvalue weighted by atomic mass is 9.98. The molecule has 0 N–H and O–H groups in total. The van der Waals surface area contributed by atoms with Crippen LogP contribution in [0.25, 0.3) is 10.2 Å². The van der Waals surface area contributed by atoms with Crippen LogP contribution in [0.3, 0.4) is 0 Å². The summed E-state index contributed by atoms with van der Waals surface area (Å²) in [6, 6.07) is 12.0. The van der Waals surface area contributed by atoms with Gasteiger partial charge in [0.15, 0.2) is 5.13 Å². The van der Waals surface area contributed by atoms with E-state index in [1.807, 2.05) is 47.6 Å². The topological polar surface area (TPSA) is 42.4 Å². The fourth-order valence-corrected chi connectivity index (χ4v) is 5.15. The van der Waals surface area contributed by atoms with Crippen LogP contribution in [0.1, 0.15) is 73.3 Å². The smallest absolute Gasteiger partial charge is 0.412 e. The van der Waals surface area contributed by atoms with Crippen LogP contribution in [-0.4, -0.2) is 30.1 Å². The zero-order chi connectivity index (χ0) is 32.3. The van der Waals surface area contributed by atoms with Gasteiger partial charge in [-0.3, -0.25) is 9.69 Å². The number of rotatable bonds is 5. The van der Waals surface area contributed by atoms with Gasteiger partial charge < -0.3 is 4.74 Å². The maximum atomic E-state index is 14.7. The molecule has 0 atom stereocenters. The standard InChI is InChI=1S/C26H23F5N2O2S.3C2H6/c1-15-13-17(11-12-21(15)35-3)33(24-32-20-9-4-5-10-22(20)36-24)23(34)18-8-6-7-16(26(29,30)31)14-19(18)25(2,27)28;3*1-2/h4-5,9-14H,6-8H2,1-3H3;3*1-2H3. The zero-order valence-electron chi connectivity index (χ0n) is 25.7. The second-order valence-electron chi connectivity index (χ2n) is 8.56. The average molecular weight is 613 g/mol. The van der Waals surface area contributed by atoms with Crippen molar-refractivity contribution in [3.8, 4) is 5.75 Å². The van der Waals surface area contributed by atoms with Gasteiger partial charge in [0.2, 0.25) is 0 Å². The molecule has 1 amide bonds. The number of aromatic nitrogens is 1. The van der Waals surface area contributed by atoms with Crippen molar-refractivity contribution in [1.29, 1.82) is 0 Å². The van der Waals surface area contributed by atoms with Crippen LogP contribution in [0.15, 0.2) is 65.3 Å². The van der Waals surface area contributed by atoms with Crippen LogP contribution < -0.4 is 9.64 Å². The van der Waals surface area contributed by atoms with Gasteiger partial charge in [0, 0.05) is 23.6 Å². The van der Waals surface area contributed by atoms with Crippen molar-refractivity contribution < 1.29 is 31.5 Å². The molecule has 0 aliphatic heterocycles. The Balaban J connectivity index is 0.00000138. The van der Waals surface area contributed by atoms with E-state index in [9.17, 15) is 26.7 Å². The van der Waals surface area contributed by atoms with Crippen LogP contribution in [0.2, 0.25) is 0 Å². The lowest BCUT2D eigenvalue weighted by molar-refractivity contribution is -0.114. The molecule has 232 valence electrons. The molecule has 2 aromatic carbocycles. The number of carbonyl (C=O) groups is 1. The Labute approximate surface area is 249 Å². The molecule has 0 saturated heterocycles. The van der Waals surface area contributed by atoms with Gasteiger partial charge in [-0.25, -0.2) is 13.8 Å². The molecule has 42 heavy (non-hydrogen) atoms. The number of hydrogen-bond donors (Lipinski definition) is 0. The van der Waals surface area contributed by atoms with E-state index in [1.54, 1.807) is 43.3 Å². The quantitative estimate of drug-likeness (QED) is 0.269. The van der Waals surface area contributed by atoms with Gasteiger partial charge in [-0.1, -0.05) is 65.0 Å². The third kappa shape index (κ3) is 8.86. The molecule has 0 bridgehead atoms. The van der Waals surface area contributed by atoms with Crippen molar-refractivity contribution in [1.82, 2.24) is 4.98 Å². The number of allylic oxidation sites excluding steroid dienone is 3. The number of para-hydroxylation sites is 1. The lowest BCUT2D eigenvalue weighted by Crippen LogP contribution is -2.30. The van der Waals surface area contributed by atoms with Crippen LogP contribution in [0, 0.1) is 6.92 Å². The summed E-state index contributed by atoms with van der Waals surface area (Å²) >= 11 is 1.18. The predicted octanol–water partition coefficient (Wildman–Crippen LogP) is 11.0. The first kappa shape index (κ1) is 36.8. The van der Waals surface area contributed by atoms with Crippen LogP contribution in [0.5, 0.6) is 5.75 Å². The van der Waals surface area contributed by atoms with E-state index in [4.69, 9.17) is 4.74 Å². The van der Waals surface area contributed by atoms with Crippen LogP contribution in [-0.2, 0) is 4.79 Å². The lowest BCUT2D eigenvalue weighted by Gasteiger charge is -2.25. The molecule has 0 fully saturated rings. The number of alkyl halides is 5. The summed E-state index contributed by atoms with van der Waals surface area (Å²) < 4.78 is 75.9. The minimum Gasteiger partial charge on any atom is -0.496 e. The summed E-state index contributed by atoms with van der Waals surface area (Å²) in [4.78, 5) is 19.7. The summed E-state index contributed by atoms with van der Waals surface area (Å²) in [5.41, 5.74) is -0.732. The Kier molecular flexibility index (Phi) is 14.3. The molecule has 1 heterocycles. The summed E-state index contributed by atoms with van der Waals surface area (Å²) in [5, 5.41) is 0.223. The van der Waals surface area contributed by atoms with Crippen molar-refractivity contribution >= 4 is 38.3 Å². The van der Waals surface area contributed by atoms with E-state index in [1.165, 1.54) is 23.3 Å². The molecule has 1 aliphatic rings. The molecule has 0 radical (unpaired) electrons. The molecule has 4 rings (SSSR count). The number of anilines is 2. The Morgan fingerprint density at radius 1 is 0.952 bits per heavy atom. The first-order valence-electron chi connectivity index (χ1n) is 14.1. The van der Waals surface area contributed by atoms with Crippen molar-refractivity contribution in [2.45, 2.75) is 86.8 Å². The number of methoxy groups -OCH3 is 1. The number of carbonyl (C=O) groups excluding carboxylic acids is 1. The summed E-state index contributed by atoms with van der Waals surface area (Å²) in [6.07, 6.45) is -5.11. The third-order valence-corrected chi connectivity index (χ3v) is 6.95. The molecule has 4 nitrogen and oxygen atoms in total. The van der Waals surface area contributed by atoms with Crippen molar-refractivity contribution in [2.75, 3.05) is 12.0 Å². The van der Waals surface area contributed by atoms with E-state index in [-0.39, 0.29) is 23.5 Å². The van der Waals surface area contributed by atoms with Gasteiger partial charge >= 0.3 is 6.18 Å². The number of fused-ring (bicyclic) bond motifs is 1. The van der Waals surface area contributed by atoms with Gasteiger partial charge in [0.25, 0.3) is 11.8 Å². The molecule has 0 spiro atoms. The fourth-order valence-electron chi connectivity index (χ4n) is 4.17. The molecule has 1 aliphatic carbocycles. The van der Waals surface area contributed by atoms with Gasteiger partial charge in [-0.05, 0) is 68.2 Å². The molecule has 0 unspecified atom stereocenters. The van der Waals surface area contributed by atoms with E-state index in [0.29, 0.717) is 35.5 Å². The summed E-state index contributed by atoms with van der Waals surface area (Å²) in [5.74, 6) is -3.95.